The standard InChI is InChI=1S/C15H16N4O2S/c1-2-4-13(21-9-11-5-7-20-8-6-11)12(3-1)14-18-19-10-16-17-15(19)22-14/h1-4,10-11H,5-9H2. The van der Waals surface area contributed by atoms with E-state index in [4.69, 9.17) is 9.47 Å². The minimum absolute atomic E-state index is 0.569. The molecule has 4 rings (SSSR count). The first-order valence-electron chi connectivity index (χ1n) is 7.37. The Kier molecular flexibility index (Phi) is 3.74. The van der Waals surface area contributed by atoms with Crippen molar-refractivity contribution >= 4 is 16.3 Å². The van der Waals surface area contributed by atoms with Crippen LogP contribution in [-0.2, 0) is 4.74 Å². The summed E-state index contributed by atoms with van der Waals surface area (Å²) in [5, 5.41) is 13.3. The number of ether oxygens (including phenoxy) is 2. The molecule has 0 N–H and O–H groups in total. The van der Waals surface area contributed by atoms with Gasteiger partial charge in [0.15, 0.2) is 5.01 Å². The summed E-state index contributed by atoms with van der Waals surface area (Å²) in [5.41, 5.74) is 1.00. The van der Waals surface area contributed by atoms with Gasteiger partial charge in [0.2, 0.25) is 4.96 Å². The zero-order valence-corrected chi connectivity index (χ0v) is 12.8. The second-order valence-electron chi connectivity index (χ2n) is 5.33. The van der Waals surface area contributed by atoms with E-state index in [1.165, 1.54) is 11.3 Å². The van der Waals surface area contributed by atoms with Gasteiger partial charge in [0.1, 0.15) is 12.1 Å². The third-order valence-electron chi connectivity index (χ3n) is 3.82. The number of aromatic nitrogens is 4. The van der Waals surface area contributed by atoms with Crippen LogP contribution in [0, 0.1) is 5.92 Å². The lowest BCUT2D eigenvalue weighted by Gasteiger charge is -2.22. The molecular formula is C15H16N4O2S. The molecular weight excluding hydrogens is 300 g/mol. The predicted molar refractivity (Wildman–Crippen MR) is 83.1 cm³/mol. The lowest BCUT2D eigenvalue weighted by Crippen LogP contribution is -2.21. The maximum Gasteiger partial charge on any atom is 0.234 e. The third-order valence-corrected chi connectivity index (χ3v) is 4.77. The van der Waals surface area contributed by atoms with Crippen LogP contribution < -0.4 is 4.74 Å². The van der Waals surface area contributed by atoms with E-state index in [1.54, 1.807) is 10.8 Å². The Labute approximate surface area is 131 Å². The molecule has 0 bridgehead atoms. The van der Waals surface area contributed by atoms with Gasteiger partial charge in [-0.1, -0.05) is 23.5 Å². The van der Waals surface area contributed by atoms with Gasteiger partial charge < -0.3 is 9.47 Å². The SMILES string of the molecule is c1ccc(-c2nn3cnnc3s2)c(OCC2CCOCC2)c1. The molecule has 0 unspecified atom stereocenters. The van der Waals surface area contributed by atoms with Gasteiger partial charge in [-0.05, 0) is 30.9 Å². The minimum atomic E-state index is 0.569. The smallest absolute Gasteiger partial charge is 0.234 e. The lowest BCUT2D eigenvalue weighted by molar-refractivity contribution is 0.0498. The van der Waals surface area contributed by atoms with Crippen molar-refractivity contribution in [3.05, 3.63) is 30.6 Å². The summed E-state index contributed by atoms with van der Waals surface area (Å²) in [6.45, 7) is 2.41. The number of hydrogen-bond donors (Lipinski definition) is 0. The van der Waals surface area contributed by atoms with Crippen molar-refractivity contribution in [2.24, 2.45) is 5.92 Å². The first-order chi connectivity index (χ1) is 10.9. The van der Waals surface area contributed by atoms with Gasteiger partial charge in [-0.2, -0.15) is 9.61 Å². The highest BCUT2D eigenvalue weighted by Gasteiger charge is 2.17. The van der Waals surface area contributed by atoms with Crippen LogP contribution in [0.25, 0.3) is 15.5 Å². The monoisotopic (exact) mass is 316 g/mol. The molecule has 3 aromatic rings. The molecule has 22 heavy (non-hydrogen) atoms. The van der Waals surface area contributed by atoms with Gasteiger partial charge in [0, 0.05) is 13.2 Å². The van der Waals surface area contributed by atoms with Crippen molar-refractivity contribution in [2.45, 2.75) is 12.8 Å². The molecule has 1 aromatic carbocycles. The number of para-hydroxylation sites is 1. The quantitative estimate of drug-likeness (QED) is 0.740. The van der Waals surface area contributed by atoms with E-state index in [0.29, 0.717) is 5.92 Å². The average molecular weight is 316 g/mol. The van der Waals surface area contributed by atoms with Gasteiger partial charge in [-0.15, -0.1) is 10.2 Å². The van der Waals surface area contributed by atoms with Gasteiger partial charge in [-0.25, -0.2) is 0 Å². The molecule has 1 fully saturated rings. The maximum atomic E-state index is 6.07. The fraction of sp³-hybridized carbons (Fsp3) is 0.400. The molecule has 0 amide bonds. The Hall–Kier alpha value is -1.99. The summed E-state index contributed by atoms with van der Waals surface area (Å²) >= 11 is 1.51. The zero-order chi connectivity index (χ0) is 14.8. The fourth-order valence-corrected chi connectivity index (χ4v) is 3.41. The van der Waals surface area contributed by atoms with Crippen molar-refractivity contribution in [2.75, 3.05) is 19.8 Å². The average Bonchev–Trinajstić information content (AvgIpc) is 3.16. The highest BCUT2D eigenvalue weighted by Crippen LogP contribution is 2.33. The molecule has 2 aromatic heterocycles. The highest BCUT2D eigenvalue weighted by atomic mass is 32.1. The van der Waals surface area contributed by atoms with Crippen LogP contribution in [-0.4, -0.2) is 39.6 Å². The Morgan fingerprint density at radius 3 is 3.00 bits per heavy atom. The topological polar surface area (TPSA) is 61.5 Å². The number of hydrogen-bond acceptors (Lipinski definition) is 6. The molecule has 1 saturated heterocycles. The number of nitrogens with zero attached hydrogens (tertiary/aromatic N) is 4. The number of rotatable bonds is 4. The molecule has 0 spiro atoms. The Bertz CT molecular complexity index is 735. The predicted octanol–water partition coefficient (Wildman–Crippen LogP) is 2.66. The summed E-state index contributed by atoms with van der Waals surface area (Å²) in [4.78, 5) is 0.786. The van der Waals surface area contributed by atoms with E-state index in [0.717, 1.165) is 53.9 Å². The van der Waals surface area contributed by atoms with Crippen molar-refractivity contribution in [3.63, 3.8) is 0 Å². The summed E-state index contributed by atoms with van der Waals surface area (Å²) < 4.78 is 13.1. The first kappa shape index (κ1) is 13.7. The molecule has 114 valence electrons. The van der Waals surface area contributed by atoms with Crippen LogP contribution >= 0.6 is 11.3 Å². The normalized spacial score (nSPS) is 16.2. The van der Waals surface area contributed by atoms with Crippen LogP contribution in [0.1, 0.15) is 12.8 Å². The van der Waals surface area contributed by atoms with Crippen molar-refractivity contribution in [1.82, 2.24) is 19.8 Å². The summed E-state index contributed by atoms with van der Waals surface area (Å²) in [7, 11) is 0. The van der Waals surface area contributed by atoms with E-state index in [1.807, 2.05) is 24.3 Å². The largest absolute Gasteiger partial charge is 0.493 e. The van der Waals surface area contributed by atoms with E-state index >= 15 is 0 Å². The second kappa shape index (κ2) is 6.02. The van der Waals surface area contributed by atoms with Crippen LogP contribution in [0.3, 0.4) is 0 Å². The summed E-state index contributed by atoms with van der Waals surface area (Å²) in [6, 6.07) is 8.02. The van der Waals surface area contributed by atoms with Crippen LogP contribution in [0.4, 0.5) is 0 Å². The molecule has 1 aliphatic rings. The molecule has 3 heterocycles. The lowest BCUT2D eigenvalue weighted by atomic mass is 10.0. The van der Waals surface area contributed by atoms with E-state index in [9.17, 15) is 0 Å². The number of benzene rings is 1. The summed E-state index contributed by atoms with van der Waals surface area (Å²) in [5.74, 6) is 1.44. The van der Waals surface area contributed by atoms with Crippen LogP contribution in [0.15, 0.2) is 30.6 Å². The Balaban J connectivity index is 1.56. The fourth-order valence-electron chi connectivity index (χ4n) is 2.56. The van der Waals surface area contributed by atoms with Crippen molar-refractivity contribution < 1.29 is 9.47 Å². The summed E-state index contributed by atoms with van der Waals surface area (Å²) in [6.07, 6.45) is 3.75. The van der Waals surface area contributed by atoms with E-state index in [2.05, 4.69) is 15.3 Å². The second-order valence-corrected chi connectivity index (χ2v) is 6.28. The van der Waals surface area contributed by atoms with Crippen molar-refractivity contribution in [1.29, 1.82) is 0 Å². The molecule has 6 nitrogen and oxygen atoms in total. The first-order valence-corrected chi connectivity index (χ1v) is 8.18. The maximum absolute atomic E-state index is 6.07. The van der Waals surface area contributed by atoms with E-state index in [-0.39, 0.29) is 0 Å². The van der Waals surface area contributed by atoms with Crippen LogP contribution in [0.5, 0.6) is 5.75 Å². The van der Waals surface area contributed by atoms with Crippen molar-refractivity contribution in [3.8, 4) is 16.3 Å². The van der Waals surface area contributed by atoms with Gasteiger partial charge >= 0.3 is 0 Å². The molecule has 7 heteroatoms. The van der Waals surface area contributed by atoms with Gasteiger partial charge in [0.25, 0.3) is 0 Å². The Morgan fingerprint density at radius 1 is 1.27 bits per heavy atom. The zero-order valence-electron chi connectivity index (χ0n) is 12.0. The highest BCUT2D eigenvalue weighted by molar-refractivity contribution is 7.19. The molecule has 1 aliphatic heterocycles. The van der Waals surface area contributed by atoms with Gasteiger partial charge in [-0.3, -0.25) is 0 Å². The van der Waals surface area contributed by atoms with Crippen LogP contribution in [0.2, 0.25) is 0 Å². The molecule has 0 saturated carbocycles. The molecule has 0 radical (unpaired) electrons. The number of fused-ring (bicyclic) bond motifs is 1. The Morgan fingerprint density at radius 2 is 2.14 bits per heavy atom. The minimum Gasteiger partial charge on any atom is -0.493 e. The third kappa shape index (κ3) is 2.69. The molecule has 0 atom stereocenters. The van der Waals surface area contributed by atoms with E-state index < -0.39 is 0 Å². The van der Waals surface area contributed by atoms with Gasteiger partial charge in [0.05, 0.1) is 12.2 Å². The molecule has 0 aliphatic carbocycles.